The number of hydrogen-bond donors (Lipinski definition) is 3. The molecule has 6 atom stereocenters. The molecule has 2 aliphatic carbocycles. The fourth-order valence-corrected chi connectivity index (χ4v) is 10.4. The molecule has 0 saturated heterocycles. The summed E-state index contributed by atoms with van der Waals surface area (Å²) in [5.41, 5.74) is 1.74. The Hall–Kier alpha value is -5.13. The van der Waals surface area contributed by atoms with E-state index in [9.17, 15) is 33.5 Å². The number of ether oxygens (including phenoxy) is 3. The molecule has 15 nitrogen and oxygen atoms in total. The Labute approximate surface area is 363 Å². The quantitative estimate of drug-likeness (QED) is 0.0455. The number of nitro groups is 1. The summed E-state index contributed by atoms with van der Waals surface area (Å²) in [6.07, 6.45) is 7.89. The van der Waals surface area contributed by atoms with Crippen molar-refractivity contribution in [1.29, 1.82) is 0 Å². The van der Waals surface area contributed by atoms with Crippen LogP contribution in [0.5, 0.6) is 17.2 Å². The van der Waals surface area contributed by atoms with Gasteiger partial charge >= 0.3 is 0 Å². The molecule has 0 radical (unpaired) electrons. The van der Waals surface area contributed by atoms with Gasteiger partial charge in [-0.15, -0.1) is 6.58 Å². The molecule has 3 N–H and O–H groups in total. The Bertz CT molecular complexity index is 2270. The number of hydrogen-bond acceptors (Lipinski definition) is 12. The number of benzene rings is 3. The number of fused-ring (bicyclic) bond motifs is 2. The predicted octanol–water partition coefficient (Wildman–Crippen LogP) is 8.10. The van der Waals surface area contributed by atoms with Crippen LogP contribution in [0.15, 0.2) is 101 Å². The average molecular weight is 875 g/mol. The van der Waals surface area contributed by atoms with Crippen LogP contribution >= 0.6 is 0 Å². The van der Waals surface area contributed by atoms with Crippen LogP contribution in [0.25, 0.3) is 0 Å². The van der Waals surface area contributed by atoms with Crippen molar-refractivity contribution in [3.63, 3.8) is 0 Å². The van der Waals surface area contributed by atoms with Gasteiger partial charge in [0.15, 0.2) is 0 Å². The van der Waals surface area contributed by atoms with Crippen molar-refractivity contribution >= 4 is 33.0 Å². The highest BCUT2D eigenvalue weighted by Gasteiger charge is 2.65. The molecular formula is C46H58N4O11S. The second kappa shape index (κ2) is 19.5. The molecular weight excluding hydrogens is 817 g/mol. The van der Waals surface area contributed by atoms with E-state index in [1.807, 2.05) is 26.8 Å². The van der Waals surface area contributed by atoms with Crippen LogP contribution < -0.4 is 14.8 Å². The first-order chi connectivity index (χ1) is 29.5. The van der Waals surface area contributed by atoms with Crippen molar-refractivity contribution in [1.82, 2.24) is 4.31 Å². The fraction of sp³-hybridized carbons (Fsp3) is 0.478. The molecule has 334 valence electrons. The highest BCUT2D eigenvalue weighted by atomic mass is 32.2. The number of likely N-dealkylation sites (N-methyl/N-ethyl adjacent to an activating group) is 1. The lowest BCUT2D eigenvalue weighted by molar-refractivity contribution is -0.384. The summed E-state index contributed by atoms with van der Waals surface area (Å²) in [5, 5.41) is 38.9. The maximum atomic E-state index is 14.8. The standard InChI is InChI=1S/C46H58N4O11S/c1-7-25-58-46-42(49(6)62(56,57)36-20-17-32(18-21-36)47-30(2)53)29-40(48-61-45(3,4)5)38-26-31(13-8-10-23-51)37(16-9-11-24-52)43(44(38)46)39-28-35(19-22-41(39)60-46)59-34-15-12-14-33(27-34)50(54)55/h7,12,14-15,17-22,26-28,31,37,42-44,51-52H,1,8-11,13,16,23-25,29H2,2-6H3,(H,47,53). The first-order valence-corrected chi connectivity index (χ1v) is 22.5. The van der Waals surface area contributed by atoms with Gasteiger partial charge in [-0.05, 0) is 112 Å². The molecule has 6 rings (SSSR count). The first-order valence-electron chi connectivity index (χ1n) is 21.1. The van der Waals surface area contributed by atoms with Gasteiger partial charge in [-0.3, -0.25) is 14.9 Å². The zero-order valence-electron chi connectivity index (χ0n) is 36.0. The average Bonchev–Trinajstić information content (AvgIpc) is 3.23. The molecule has 0 aromatic heterocycles. The van der Waals surface area contributed by atoms with Gasteiger partial charge in [-0.1, -0.05) is 36.2 Å². The van der Waals surface area contributed by atoms with Crippen LogP contribution in [0.1, 0.15) is 84.1 Å². The number of sulfonamides is 1. The molecule has 3 aromatic carbocycles. The van der Waals surface area contributed by atoms with E-state index in [1.165, 1.54) is 54.7 Å². The number of rotatable bonds is 19. The van der Waals surface area contributed by atoms with Crippen molar-refractivity contribution in [2.45, 2.75) is 101 Å². The number of non-ortho nitro benzene ring substituents is 1. The molecule has 1 heterocycles. The van der Waals surface area contributed by atoms with Crippen molar-refractivity contribution in [3.05, 3.63) is 107 Å². The Morgan fingerprint density at radius 1 is 1.05 bits per heavy atom. The molecule has 0 spiro atoms. The van der Waals surface area contributed by atoms with E-state index in [1.54, 1.807) is 30.3 Å². The lowest BCUT2D eigenvalue weighted by atomic mass is 9.55. The predicted molar refractivity (Wildman–Crippen MR) is 235 cm³/mol. The molecule has 16 heteroatoms. The molecule has 3 aliphatic rings. The van der Waals surface area contributed by atoms with Crippen molar-refractivity contribution in [2.75, 3.05) is 32.2 Å². The largest absolute Gasteiger partial charge is 0.460 e. The van der Waals surface area contributed by atoms with Gasteiger partial charge in [0.1, 0.15) is 22.8 Å². The van der Waals surface area contributed by atoms with E-state index in [-0.39, 0.29) is 60.3 Å². The molecule has 1 amide bonds. The number of allylic oxidation sites excluding steroid dienone is 1. The number of carbonyl (C=O) groups excluding carboxylic acids is 1. The van der Waals surface area contributed by atoms with Crippen molar-refractivity contribution in [3.8, 4) is 17.2 Å². The maximum Gasteiger partial charge on any atom is 0.273 e. The monoisotopic (exact) mass is 874 g/mol. The number of nitro benzene ring substituents is 1. The second-order valence-electron chi connectivity index (χ2n) is 17.1. The number of oxime groups is 1. The number of unbranched alkanes of at least 4 members (excludes halogenated alkanes) is 2. The minimum absolute atomic E-state index is 0.00961. The Morgan fingerprint density at radius 2 is 1.74 bits per heavy atom. The van der Waals surface area contributed by atoms with Crippen LogP contribution in [0, 0.1) is 27.9 Å². The summed E-state index contributed by atoms with van der Waals surface area (Å²) in [6, 6.07) is 16.2. The van der Waals surface area contributed by atoms with Crippen LogP contribution in [0.3, 0.4) is 0 Å². The number of nitrogens with one attached hydrogen (secondary N) is 1. The fourth-order valence-electron chi connectivity index (χ4n) is 9.00. The van der Waals surface area contributed by atoms with Gasteiger partial charge in [0, 0.05) is 56.8 Å². The van der Waals surface area contributed by atoms with Gasteiger partial charge in [0.2, 0.25) is 21.7 Å². The van der Waals surface area contributed by atoms with Crippen molar-refractivity contribution < 1.29 is 47.4 Å². The number of anilines is 1. The number of carbonyl (C=O) groups is 1. The summed E-state index contributed by atoms with van der Waals surface area (Å²) >= 11 is 0. The molecule has 1 fully saturated rings. The lowest BCUT2D eigenvalue weighted by Crippen LogP contribution is -2.69. The van der Waals surface area contributed by atoms with Gasteiger partial charge in [0.25, 0.3) is 5.69 Å². The third-order valence-corrected chi connectivity index (χ3v) is 13.5. The van der Waals surface area contributed by atoms with Crippen LogP contribution in [-0.4, -0.2) is 83.8 Å². The second-order valence-corrected chi connectivity index (χ2v) is 19.1. The zero-order valence-corrected chi connectivity index (χ0v) is 36.8. The minimum atomic E-state index is -4.27. The van der Waals surface area contributed by atoms with Crippen LogP contribution in [-0.2, 0) is 24.4 Å². The maximum absolute atomic E-state index is 14.8. The Morgan fingerprint density at radius 3 is 2.39 bits per heavy atom. The van der Waals surface area contributed by atoms with E-state index in [0.717, 1.165) is 24.0 Å². The van der Waals surface area contributed by atoms with E-state index in [4.69, 9.17) is 24.2 Å². The first kappa shape index (κ1) is 46.4. The summed E-state index contributed by atoms with van der Waals surface area (Å²) in [4.78, 5) is 29.0. The lowest BCUT2D eigenvalue weighted by Gasteiger charge is -2.59. The third-order valence-electron chi connectivity index (χ3n) is 11.6. The summed E-state index contributed by atoms with van der Waals surface area (Å²) in [6.45, 7) is 11.0. The smallest absolute Gasteiger partial charge is 0.273 e. The SMILES string of the molecule is C=CCOC12Oc3ccc(Oc4cccc([N+](=O)[O-])c4)cc3C3C(CCCCO)C(CCCCO)C=C(C(=NOC(C)(C)C)CC1N(C)S(=O)(=O)c1ccc(NC(C)=O)cc1)C32. The topological polar surface area (TPSA) is 199 Å². The molecule has 3 aromatic rings. The number of amides is 1. The summed E-state index contributed by atoms with van der Waals surface area (Å²) < 4.78 is 51.3. The van der Waals surface area contributed by atoms with Gasteiger partial charge < -0.3 is 34.6 Å². The van der Waals surface area contributed by atoms with E-state index in [0.29, 0.717) is 48.6 Å². The molecule has 1 aliphatic heterocycles. The highest BCUT2D eigenvalue weighted by molar-refractivity contribution is 7.89. The number of nitrogens with zero attached hydrogens (tertiary/aromatic N) is 3. The normalized spacial score (nSPS) is 23.7. The van der Waals surface area contributed by atoms with Gasteiger partial charge in [-0.2, -0.15) is 4.31 Å². The summed E-state index contributed by atoms with van der Waals surface area (Å²) in [5.74, 6) is -2.01. The Balaban J connectivity index is 1.59. The van der Waals surface area contributed by atoms with E-state index in [2.05, 4.69) is 18.0 Å². The van der Waals surface area contributed by atoms with Gasteiger partial charge in [0.05, 0.1) is 40.2 Å². The Kier molecular flexibility index (Phi) is 14.6. The van der Waals surface area contributed by atoms with Gasteiger partial charge in [-0.25, -0.2) is 8.42 Å². The van der Waals surface area contributed by atoms with E-state index >= 15 is 0 Å². The minimum Gasteiger partial charge on any atom is -0.460 e. The van der Waals surface area contributed by atoms with Crippen LogP contribution in [0.4, 0.5) is 11.4 Å². The molecule has 62 heavy (non-hydrogen) atoms. The number of aliphatic hydroxyl groups is 2. The van der Waals surface area contributed by atoms with Crippen molar-refractivity contribution in [2.24, 2.45) is 22.9 Å². The summed E-state index contributed by atoms with van der Waals surface area (Å²) in [7, 11) is -2.77. The van der Waals surface area contributed by atoms with E-state index < -0.39 is 44.2 Å². The third kappa shape index (κ3) is 10.1. The molecule has 0 bridgehead atoms. The zero-order chi connectivity index (χ0) is 44.8. The molecule has 6 unspecified atom stereocenters. The molecule has 1 saturated carbocycles. The van der Waals surface area contributed by atoms with Crippen LogP contribution in [0.2, 0.25) is 0 Å². The number of aliphatic hydroxyl groups excluding tert-OH is 2. The highest BCUT2D eigenvalue weighted by Crippen LogP contribution is 2.62.